The van der Waals surface area contributed by atoms with Crippen molar-refractivity contribution >= 4 is 23.1 Å². The van der Waals surface area contributed by atoms with Gasteiger partial charge >= 0.3 is 0 Å². The smallest absolute Gasteiger partial charge is 0.238 e. The largest absolute Gasteiger partial charge is 0.366 e. The number of para-hydroxylation sites is 1. The number of carbonyl (C=O) groups is 1. The number of rotatable bonds is 5. The van der Waals surface area contributed by atoms with Crippen LogP contribution in [0.3, 0.4) is 0 Å². The molecule has 1 aromatic carbocycles. The van der Waals surface area contributed by atoms with Crippen LogP contribution >= 0.6 is 0 Å². The third kappa shape index (κ3) is 3.94. The van der Waals surface area contributed by atoms with Crippen LogP contribution < -0.4 is 10.6 Å². The van der Waals surface area contributed by atoms with Gasteiger partial charge in [0.25, 0.3) is 0 Å². The van der Waals surface area contributed by atoms with Crippen LogP contribution in [-0.4, -0.2) is 61.7 Å². The Kier molecular flexibility index (Phi) is 4.69. The molecule has 1 saturated heterocycles. The predicted molar refractivity (Wildman–Crippen MR) is 96.7 cm³/mol. The van der Waals surface area contributed by atoms with Crippen LogP contribution in [0, 0.1) is 0 Å². The van der Waals surface area contributed by atoms with Gasteiger partial charge in [-0.15, -0.1) is 14.8 Å². The fourth-order valence-corrected chi connectivity index (χ4v) is 3.10. The Hall–Kier alpha value is -3.07. The Labute approximate surface area is 150 Å². The summed E-state index contributed by atoms with van der Waals surface area (Å²) in [5, 5.41) is 21.9. The number of amides is 1. The Morgan fingerprint density at radius 1 is 1.12 bits per heavy atom. The van der Waals surface area contributed by atoms with E-state index in [1.54, 1.807) is 0 Å². The number of tetrazole rings is 1. The molecule has 0 saturated carbocycles. The molecule has 4 rings (SSSR count). The number of piperidine rings is 1. The van der Waals surface area contributed by atoms with Gasteiger partial charge in [-0.25, -0.2) is 0 Å². The second-order valence-electron chi connectivity index (χ2n) is 6.35. The highest BCUT2D eigenvalue weighted by molar-refractivity contribution is 5.92. The summed E-state index contributed by atoms with van der Waals surface area (Å²) < 4.78 is 1.41. The van der Waals surface area contributed by atoms with E-state index < -0.39 is 0 Å². The zero-order valence-electron chi connectivity index (χ0n) is 14.2. The first-order valence-corrected chi connectivity index (χ1v) is 8.65. The SMILES string of the molecule is O=C(CN1CCC(Nc2ccc3nnnn3n2)CC1)Nc1ccccc1. The fourth-order valence-electron chi connectivity index (χ4n) is 3.10. The number of benzene rings is 1. The van der Waals surface area contributed by atoms with E-state index in [0.29, 0.717) is 18.2 Å². The van der Waals surface area contributed by atoms with Crippen LogP contribution in [-0.2, 0) is 4.79 Å². The quantitative estimate of drug-likeness (QED) is 0.707. The second kappa shape index (κ2) is 7.44. The van der Waals surface area contributed by atoms with Crippen molar-refractivity contribution in [2.45, 2.75) is 18.9 Å². The van der Waals surface area contributed by atoms with Crippen molar-refractivity contribution in [1.82, 2.24) is 30.2 Å². The molecule has 1 amide bonds. The van der Waals surface area contributed by atoms with Gasteiger partial charge in [-0.3, -0.25) is 9.69 Å². The maximum Gasteiger partial charge on any atom is 0.238 e. The Morgan fingerprint density at radius 3 is 2.73 bits per heavy atom. The average molecular weight is 352 g/mol. The van der Waals surface area contributed by atoms with Gasteiger partial charge in [-0.05, 0) is 47.5 Å². The fraction of sp³-hybridized carbons (Fsp3) is 0.353. The summed E-state index contributed by atoms with van der Waals surface area (Å²) in [5.41, 5.74) is 1.45. The highest BCUT2D eigenvalue weighted by Crippen LogP contribution is 2.15. The Morgan fingerprint density at radius 2 is 1.92 bits per heavy atom. The topological polar surface area (TPSA) is 100 Å². The molecule has 0 atom stereocenters. The van der Waals surface area contributed by atoms with E-state index in [9.17, 15) is 4.79 Å². The minimum atomic E-state index is 0.0217. The lowest BCUT2D eigenvalue weighted by Gasteiger charge is -2.32. The number of likely N-dealkylation sites (tertiary alicyclic amines) is 1. The van der Waals surface area contributed by atoms with Gasteiger partial charge in [0.05, 0.1) is 6.54 Å². The zero-order chi connectivity index (χ0) is 17.8. The molecule has 2 aromatic heterocycles. The molecular weight excluding hydrogens is 332 g/mol. The molecular formula is C17H20N8O. The maximum absolute atomic E-state index is 12.2. The predicted octanol–water partition coefficient (Wildman–Crippen LogP) is 1.03. The van der Waals surface area contributed by atoms with E-state index in [4.69, 9.17) is 0 Å². The summed E-state index contributed by atoms with van der Waals surface area (Å²) >= 11 is 0. The molecule has 0 radical (unpaired) electrons. The number of fused-ring (bicyclic) bond motifs is 1. The number of nitrogens with zero attached hydrogens (tertiary/aromatic N) is 6. The molecule has 9 nitrogen and oxygen atoms in total. The maximum atomic E-state index is 12.2. The molecule has 2 N–H and O–H groups in total. The van der Waals surface area contributed by atoms with E-state index in [1.165, 1.54) is 4.63 Å². The van der Waals surface area contributed by atoms with Crippen LogP contribution in [0.4, 0.5) is 11.5 Å². The van der Waals surface area contributed by atoms with Gasteiger partial charge in [-0.2, -0.15) is 0 Å². The molecule has 3 heterocycles. The van der Waals surface area contributed by atoms with Gasteiger partial charge in [0.15, 0.2) is 5.65 Å². The molecule has 0 unspecified atom stereocenters. The third-order valence-corrected chi connectivity index (χ3v) is 4.43. The molecule has 1 fully saturated rings. The summed E-state index contributed by atoms with van der Waals surface area (Å²) in [5.74, 6) is 0.776. The first-order chi connectivity index (χ1) is 12.8. The number of nitrogens with one attached hydrogen (secondary N) is 2. The summed E-state index contributed by atoms with van der Waals surface area (Å²) in [6.07, 6.45) is 1.90. The average Bonchev–Trinajstić information content (AvgIpc) is 3.12. The van der Waals surface area contributed by atoms with Gasteiger partial charge in [0, 0.05) is 24.8 Å². The van der Waals surface area contributed by atoms with Crippen molar-refractivity contribution in [1.29, 1.82) is 0 Å². The molecule has 9 heteroatoms. The highest BCUT2D eigenvalue weighted by atomic mass is 16.2. The van der Waals surface area contributed by atoms with E-state index >= 15 is 0 Å². The van der Waals surface area contributed by atoms with E-state index in [0.717, 1.165) is 37.4 Å². The molecule has 1 aliphatic heterocycles. The minimum absolute atomic E-state index is 0.0217. The lowest BCUT2D eigenvalue weighted by Crippen LogP contribution is -2.42. The van der Waals surface area contributed by atoms with Crippen molar-refractivity contribution in [2.24, 2.45) is 0 Å². The summed E-state index contributed by atoms with van der Waals surface area (Å²) in [7, 11) is 0. The van der Waals surface area contributed by atoms with Gasteiger partial charge < -0.3 is 10.6 Å². The number of anilines is 2. The Bertz CT molecular complexity index is 873. The van der Waals surface area contributed by atoms with Crippen molar-refractivity contribution in [2.75, 3.05) is 30.3 Å². The first kappa shape index (κ1) is 16.4. The minimum Gasteiger partial charge on any atom is -0.366 e. The summed E-state index contributed by atoms with van der Waals surface area (Å²) in [6.45, 7) is 2.15. The first-order valence-electron chi connectivity index (χ1n) is 8.65. The number of carbonyl (C=O) groups excluding carboxylic acids is 1. The van der Waals surface area contributed by atoms with Crippen molar-refractivity contribution in [3.63, 3.8) is 0 Å². The van der Waals surface area contributed by atoms with Crippen LogP contribution in [0.2, 0.25) is 0 Å². The lowest BCUT2D eigenvalue weighted by molar-refractivity contribution is -0.117. The molecule has 0 spiro atoms. The molecule has 1 aliphatic rings. The zero-order valence-corrected chi connectivity index (χ0v) is 14.2. The molecule has 0 aliphatic carbocycles. The van der Waals surface area contributed by atoms with E-state index in [1.807, 2.05) is 42.5 Å². The third-order valence-electron chi connectivity index (χ3n) is 4.43. The summed E-state index contributed by atoms with van der Waals surface area (Å²) in [4.78, 5) is 14.3. The van der Waals surface area contributed by atoms with Crippen LogP contribution in [0.25, 0.3) is 5.65 Å². The molecule has 26 heavy (non-hydrogen) atoms. The van der Waals surface area contributed by atoms with Crippen LogP contribution in [0.5, 0.6) is 0 Å². The lowest BCUT2D eigenvalue weighted by atomic mass is 10.1. The standard InChI is InChI=1S/C17H20N8O/c26-17(19-13-4-2-1-3-5-13)12-24-10-8-14(9-11-24)18-15-6-7-16-20-22-23-25(16)21-15/h1-7,14H,8-12H2,(H,18,21)(H,19,26). The number of hydrogen-bond acceptors (Lipinski definition) is 7. The van der Waals surface area contributed by atoms with Crippen molar-refractivity contribution in [3.05, 3.63) is 42.5 Å². The van der Waals surface area contributed by atoms with Crippen LogP contribution in [0.1, 0.15) is 12.8 Å². The molecule has 3 aromatic rings. The van der Waals surface area contributed by atoms with E-state index in [2.05, 4.69) is 36.2 Å². The molecule has 0 bridgehead atoms. The van der Waals surface area contributed by atoms with Gasteiger partial charge in [-0.1, -0.05) is 18.2 Å². The Balaban J connectivity index is 1.25. The monoisotopic (exact) mass is 352 g/mol. The number of aromatic nitrogens is 5. The normalized spacial score (nSPS) is 15.8. The van der Waals surface area contributed by atoms with Crippen LogP contribution in [0.15, 0.2) is 42.5 Å². The van der Waals surface area contributed by atoms with Crippen molar-refractivity contribution < 1.29 is 4.79 Å². The number of hydrogen-bond donors (Lipinski definition) is 2. The van der Waals surface area contributed by atoms with Gasteiger partial charge in [0.1, 0.15) is 5.82 Å². The van der Waals surface area contributed by atoms with Crippen molar-refractivity contribution in [3.8, 4) is 0 Å². The second-order valence-corrected chi connectivity index (χ2v) is 6.35. The summed E-state index contributed by atoms with van der Waals surface area (Å²) in [6, 6.07) is 13.6. The highest BCUT2D eigenvalue weighted by Gasteiger charge is 2.21. The van der Waals surface area contributed by atoms with E-state index in [-0.39, 0.29) is 5.91 Å². The van der Waals surface area contributed by atoms with Gasteiger partial charge in [0.2, 0.25) is 5.91 Å². The molecule has 134 valence electrons.